The molecular formula is C80H131NO35. The topological polar surface area (TPSA) is 557 Å². The zero-order valence-corrected chi connectivity index (χ0v) is 67.7. The van der Waals surface area contributed by atoms with Gasteiger partial charge in [-0.25, -0.2) is 0 Å². The minimum atomic E-state index is -2.11. The largest absolute Gasteiger partial charge is 0.432 e. The molecule has 14 unspecified atom stereocenters. The Morgan fingerprint density at radius 3 is 1.77 bits per heavy atom. The standard InChI is InChI=1S/C80H131NO35/c1-9-10-11-12-13-14-15-16-17-18-49(90)81-50-43(29-82)108-71(63(53(50)93)114-68-58(98)55(95)60(37(2)107-68)111-67-59(99)61(41(87)32-104-67)112-72-65(100)79(102,35-85)36-106-72)116-73(101)80-26-25-74(3,4)27-39(80)38-19-20-46-75(5)23-22-48(76(6,34-84)45(75)21-24-77(46,7)78(38,8)28-47(80)89)110-70-64(115-69-57(97)54(94)52(92)44(30-83)109-69)62(42(88)33-105-70)113-66-56(96)51(91)40(86)31-103-66/h19,34,37,39-48,50-72,82-83,85-89,91-100,102H,9-18,20-33,35-36H2,1-8H3,(H,81,90)/t37?,39?,40-,41-,42-,43?,44?,45-,46?,47?,48+,50+,51+,52+,53?,54+,55?,56?,57?,58+,59-,60+,61?,62+,63-,64?,65?,66+,67+,68+,69+,70+,71+,72+,75?,76-,77+,78-,79-,80-/m1/s1. The third kappa shape index (κ3) is 17.4. The van der Waals surface area contributed by atoms with E-state index in [9.17, 15) is 102 Å². The predicted octanol–water partition coefficient (Wildman–Crippen LogP) is -2.78. The number of aliphatic hydroxyl groups is 18. The number of hydrogen-bond acceptors (Lipinski definition) is 35. The van der Waals surface area contributed by atoms with E-state index in [2.05, 4.69) is 52.9 Å². The molecule has 7 aliphatic heterocycles. The lowest BCUT2D eigenvalue weighted by atomic mass is 9.33. The predicted molar refractivity (Wildman–Crippen MR) is 395 cm³/mol. The number of unbranched alkanes of at least 4 members (excludes halogenated alkanes) is 8. The first kappa shape index (κ1) is 92.3. The second-order valence-corrected chi connectivity index (χ2v) is 37.0. The lowest BCUT2D eigenvalue weighted by Crippen LogP contribution is -2.70. The fourth-order valence-corrected chi connectivity index (χ4v) is 21.8. The van der Waals surface area contributed by atoms with Crippen LogP contribution >= 0.6 is 0 Å². The fraction of sp³-hybridized carbons (Fsp3) is 0.938. The summed E-state index contributed by atoms with van der Waals surface area (Å²) >= 11 is 0. The van der Waals surface area contributed by atoms with Crippen molar-refractivity contribution in [1.29, 1.82) is 0 Å². The highest BCUT2D eigenvalue weighted by molar-refractivity contribution is 5.80. The smallest absolute Gasteiger partial charge is 0.317 e. The molecule has 7 saturated heterocycles. The molecule has 11 fully saturated rings. The maximum absolute atomic E-state index is 16.2. The molecule has 666 valence electrons. The second kappa shape index (κ2) is 37.1. The maximum atomic E-state index is 16.2. The fourth-order valence-electron chi connectivity index (χ4n) is 21.8. The van der Waals surface area contributed by atoms with Gasteiger partial charge in [0.2, 0.25) is 12.2 Å². The highest BCUT2D eigenvalue weighted by atomic mass is 16.8. The van der Waals surface area contributed by atoms with Crippen molar-refractivity contribution >= 4 is 18.2 Å². The number of ether oxygens (including phenoxy) is 14. The Kier molecular flexibility index (Phi) is 29.5. The van der Waals surface area contributed by atoms with E-state index < -0.39 is 299 Å². The van der Waals surface area contributed by atoms with Crippen LogP contribution in [0.1, 0.15) is 177 Å². The summed E-state index contributed by atoms with van der Waals surface area (Å²) < 4.78 is 85.3. The van der Waals surface area contributed by atoms with Gasteiger partial charge >= 0.3 is 5.97 Å². The van der Waals surface area contributed by atoms with Gasteiger partial charge in [0.05, 0.1) is 76.0 Å². The van der Waals surface area contributed by atoms with Gasteiger partial charge < -0.3 is 168 Å². The van der Waals surface area contributed by atoms with Crippen LogP contribution in [0.3, 0.4) is 0 Å². The molecule has 5 aliphatic carbocycles. The van der Waals surface area contributed by atoms with Crippen molar-refractivity contribution in [3.05, 3.63) is 11.6 Å². The molecule has 7 heterocycles. The molecular weight excluding hydrogens is 1530 g/mol. The number of aldehydes is 1. The second-order valence-electron chi connectivity index (χ2n) is 37.0. The number of allylic oxidation sites excluding steroid dienone is 2. The first-order chi connectivity index (χ1) is 54.8. The summed E-state index contributed by atoms with van der Waals surface area (Å²) in [7, 11) is 0. The molecule has 116 heavy (non-hydrogen) atoms. The molecule has 12 rings (SSSR count). The number of hydrogen-bond donors (Lipinski definition) is 19. The monoisotopic (exact) mass is 1670 g/mol. The van der Waals surface area contributed by atoms with Gasteiger partial charge in [-0.05, 0) is 111 Å². The van der Waals surface area contributed by atoms with E-state index in [0.29, 0.717) is 44.9 Å². The molecule has 0 spiro atoms. The van der Waals surface area contributed by atoms with Gasteiger partial charge in [0, 0.05) is 6.42 Å². The Morgan fingerprint density at radius 1 is 0.534 bits per heavy atom. The average molecular weight is 1670 g/mol. The van der Waals surface area contributed by atoms with Crippen molar-refractivity contribution in [3.63, 3.8) is 0 Å². The Bertz CT molecular complexity index is 3290. The van der Waals surface area contributed by atoms with Crippen LogP contribution < -0.4 is 5.32 Å². The van der Waals surface area contributed by atoms with Crippen LogP contribution in [-0.2, 0) is 80.7 Å². The molecule has 0 aromatic carbocycles. The number of nitrogens with one attached hydrogen (secondary N) is 1. The first-order valence-corrected chi connectivity index (χ1v) is 42.0. The van der Waals surface area contributed by atoms with Gasteiger partial charge in [-0.3, -0.25) is 9.59 Å². The first-order valence-electron chi connectivity index (χ1n) is 42.0. The number of amides is 1. The van der Waals surface area contributed by atoms with Gasteiger partial charge in [0.25, 0.3) is 0 Å². The van der Waals surface area contributed by atoms with E-state index in [1.165, 1.54) is 13.3 Å². The SMILES string of the molecule is CCCCCCCCCCCC(=O)N[C@H]1C(CO)O[C@@H](OC(=O)[C@]23CCC(C)(C)CC2C2=CCC4C5(C)CC[C@H](O[C@@H]6OC[C@@H](O)[C@H](O[C@@H]7OC[C@@H](O)[C@H](O)C7O)C6O[C@@H]6OC(CO)[C@H](O)[C@H](O)C6O)[C@](C)(C=O)[C@@H]5CC[C@]4(C)[C@]2(C)CC3O)[C@H](O[C@@H]2OC(C)[C@H](O[C@@H]3OC[C@@H](O)C(O[C@@H]4OC[C@](O)(CO)C4O)[C@H]3O)C(O)[C@@H]2O)C1O. The van der Waals surface area contributed by atoms with Crippen LogP contribution in [0.25, 0.3) is 0 Å². The van der Waals surface area contributed by atoms with Gasteiger partial charge in [-0.2, -0.15) is 0 Å². The summed E-state index contributed by atoms with van der Waals surface area (Å²) in [6.45, 7) is 11.5. The van der Waals surface area contributed by atoms with Crippen molar-refractivity contribution in [2.75, 3.05) is 46.2 Å². The Balaban J connectivity index is 0.790. The number of carbonyl (C=O) groups excluding carboxylic acids is 3. The molecule has 12 aliphatic rings. The van der Waals surface area contributed by atoms with Gasteiger partial charge in [0.1, 0.15) is 133 Å². The van der Waals surface area contributed by atoms with Crippen LogP contribution in [0, 0.1) is 50.2 Å². The maximum Gasteiger partial charge on any atom is 0.317 e. The van der Waals surface area contributed by atoms with Crippen molar-refractivity contribution in [1.82, 2.24) is 5.32 Å². The Labute approximate surface area is 675 Å². The lowest BCUT2D eigenvalue weighted by Gasteiger charge is -2.71. The number of aliphatic hydroxyl groups excluding tert-OH is 17. The van der Waals surface area contributed by atoms with Crippen LogP contribution in [-0.4, -0.2) is 352 Å². The van der Waals surface area contributed by atoms with Crippen LogP contribution in [0.5, 0.6) is 0 Å². The Morgan fingerprint density at radius 2 is 1.11 bits per heavy atom. The van der Waals surface area contributed by atoms with Crippen molar-refractivity contribution < 1.29 is 173 Å². The van der Waals surface area contributed by atoms with E-state index in [4.69, 9.17) is 66.3 Å². The molecule has 36 heteroatoms. The molecule has 0 radical (unpaired) electrons. The third-order valence-electron chi connectivity index (χ3n) is 29.1. The summed E-state index contributed by atoms with van der Waals surface area (Å²) in [6, 6.07) is -1.44. The molecule has 4 saturated carbocycles. The highest BCUT2D eigenvalue weighted by Crippen LogP contribution is 2.76. The van der Waals surface area contributed by atoms with Gasteiger partial charge in [-0.15, -0.1) is 0 Å². The summed E-state index contributed by atoms with van der Waals surface area (Å²) in [5, 5.41) is 204. The molecule has 36 nitrogen and oxygen atoms in total. The molecule has 0 bridgehead atoms. The summed E-state index contributed by atoms with van der Waals surface area (Å²) in [5.41, 5.74) is -6.70. The van der Waals surface area contributed by atoms with Gasteiger partial charge in [0.15, 0.2) is 43.8 Å². The number of carbonyl (C=O) groups is 3. The zero-order valence-electron chi connectivity index (χ0n) is 67.7. The quantitative estimate of drug-likeness (QED) is 0.0118. The molecule has 0 aromatic heterocycles. The molecule has 0 aromatic rings. The average Bonchev–Trinajstić information content (AvgIpc) is 0.766. The minimum absolute atomic E-state index is 0.0398. The van der Waals surface area contributed by atoms with Crippen LogP contribution in [0.4, 0.5) is 0 Å². The van der Waals surface area contributed by atoms with Crippen LogP contribution in [0.2, 0.25) is 0 Å². The zero-order chi connectivity index (χ0) is 84.3. The summed E-state index contributed by atoms with van der Waals surface area (Å²) in [6.07, 6.45) is -35.7. The lowest BCUT2D eigenvalue weighted by molar-refractivity contribution is -0.384. The van der Waals surface area contributed by atoms with Crippen molar-refractivity contribution in [2.45, 2.75) is 373 Å². The highest BCUT2D eigenvalue weighted by Gasteiger charge is 2.73. The van der Waals surface area contributed by atoms with Gasteiger partial charge in [-0.1, -0.05) is 111 Å². The molecule has 19 N–H and O–H groups in total. The molecule has 40 atom stereocenters. The van der Waals surface area contributed by atoms with Crippen molar-refractivity contribution in [3.8, 4) is 0 Å². The van der Waals surface area contributed by atoms with E-state index in [1.54, 1.807) is 0 Å². The normalized spacial score (nSPS) is 50.2. The number of fused-ring (bicyclic) bond motifs is 7. The number of rotatable bonds is 29. The van der Waals surface area contributed by atoms with E-state index in [1.807, 2.05) is 6.92 Å². The van der Waals surface area contributed by atoms with E-state index in [0.717, 1.165) is 56.8 Å². The molecule has 1 amide bonds. The third-order valence-corrected chi connectivity index (χ3v) is 29.1. The minimum Gasteiger partial charge on any atom is -0.432 e. The summed E-state index contributed by atoms with van der Waals surface area (Å²) in [4.78, 5) is 44.4. The summed E-state index contributed by atoms with van der Waals surface area (Å²) in [5.74, 6) is -2.69. The number of esters is 1. The van der Waals surface area contributed by atoms with E-state index >= 15 is 4.79 Å². The Hall–Kier alpha value is -2.89. The van der Waals surface area contributed by atoms with Crippen LogP contribution in [0.15, 0.2) is 11.6 Å². The van der Waals surface area contributed by atoms with Crippen molar-refractivity contribution in [2.24, 2.45) is 50.2 Å². The van der Waals surface area contributed by atoms with E-state index in [-0.39, 0.29) is 31.6 Å².